The molecule has 0 radical (unpaired) electrons. The highest BCUT2D eigenvalue weighted by molar-refractivity contribution is 5.84. The van der Waals surface area contributed by atoms with Crippen LogP contribution in [0.25, 0.3) is 0 Å². The number of unbranched alkanes of at least 4 members (excludes halogenated alkanes) is 2. The van der Waals surface area contributed by atoms with Gasteiger partial charge in [-0.3, -0.25) is 9.59 Å². The number of carbonyl (C=O) groups is 2. The van der Waals surface area contributed by atoms with Gasteiger partial charge in [-0.05, 0) is 24.8 Å². The van der Waals surface area contributed by atoms with E-state index in [1.807, 2.05) is 30.3 Å². The van der Waals surface area contributed by atoms with Crippen molar-refractivity contribution in [1.82, 2.24) is 10.2 Å². The Balaban J connectivity index is 1.77. The molecule has 1 fully saturated rings. The van der Waals surface area contributed by atoms with Crippen LogP contribution < -0.4 is 11.1 Å². The summed E-state index contributed by atoms with van der Waals surface area (Å²) in [5.41, 5.74) is 6.92. The molecule has 24 heavy (non-hydrogen) atoms. The Hall–Kier alpha value is -1.88. The molecule has 132 valence electrons. The fourth-order valence-corrected chi connectivity index (χ4v) is 3.09. The maximum Gasteiger partial charge on any atom is 0.244 e. The van der Waals surface area contributed by atoms with E-state index in [4.69, 9.17) is 5.73 Å². The quantitative estimate of drug-likeness (QED) is 0.752. The molecule has 5 heteroatoms. The van der Waals surface area contributed by atoms with E-state index in [9.17, 15) is 9.59 Å². The molecule has 2 rings (SSSR count). The molecule has 1 aliphatic rings. The number of benzene rings is 1. The fraction of sp³-hybridized carbons (Fsp3) is 0.579. The summed E-state index contributed by atoms with van der Waals surface area (Å²) >= 11 is 0. The van der Waals surface area contributed by atoms with Crippen LogP contribution in [-0.4, -0.2) is 36.3 Å². The van der Waals surface area contributed by atoms with Gasteiger partial charge in [-0.2, -0.15) is 0 Å². The number of nitrogens with two attached hydrogens (primary N) is 1. The minimum atomic E-state index is -0.620. The van der Waals surface area contributed by atoms with Crippen LogP contribution in [0, 0.1) is 5.92 Å². The lowest BCUT2D eigenvalue weighted by atomic mass is 9.95. The van der Waals surface area contributed by atoms with E-state index in [1.54, 1.807) is 4.90 Å². The van der Waals surface area contributed by atoms with Gasteiger partial charge in [0.1, 0.15) is 6.04 Å². The molecule has 2 amide bonds. The smallest absolute Gasteiger partial charge is 0.244 e. The molecule has 1 aromatic carbocycles. The van der Waals surface area contributed by atoms with Gasteiger partial charge in [0.05, 0.1) is 0 Å². The topological polar surface area (TPSA) is 75.4 Å². The Labute approximate surface area is 144 Å². The minimum Gasteiger partial charge on any atom is -0.356 e. The summed E-state index contributed by atoms with van der Waals surface area (Å²) in [5, 5.41) is 3.01. The summed E-state index contributed by atoms with van der Waals surface area (Å²) in [6.07, 6.45) is 4.76. The molecule has 1 atom stereocenters. The van der Waals surface area contributed by atoms with Crippen LogP contribution >= 0.6 is 0 Å². The number of hydrogen-bond donors (Lipinski definition) is 2. The normalized spacial score (nSPS) is 16.7. The average Bonchev–Trinajstić information content (AvgIpc) is 2.64. The molecule has 0 aliphatic carbocycles. The first-order valence-corrected chi connectivity index (χ1v) is 9.00. The molecule has 0 aromatic heterocycles. The van der Waals surface area contributed by atoms with Crippen LogP contribution in [0.15, 0.2) is 30.3 Å². The highest BCUT2D eigenvalue weighted by Crippen LogP contribution is 2.21. The van der Waals surface area contributed by atoms with Crippen molar-refractivity contribution in [3.63, 3.8) is 0 Å². The molecule has 1 aromatic rings. The van der Waals surface area contributed by atoms with Gasteiger partial charge in [-0.15, -0.1) is 0 Å². The number of likely N-dealkylation sites (tertiary alicyclic amines) is 1. The van der Waals surface area contributed by atoms with Gasteiger partial charge in [0.2, 0.25) is 11.8 Å². The van der Waals surface area contributed by atoms with Gasteiger partial charge < -0.3 is 16.0 Å². The molecular weight excluding hydrogens is 302 g/mol. The first-order valence-electron chi connectivity index (χ1n) is 9.00. The molecule has 5 nitrogen and oxygen atoms in total. The van der Waals surface area contributed by atoms with Gasteiger partial charge >= 0.3 is 0 Å². The van der Waals surface area contributed by atoms with E-state index in [-0.39, 0.29) is 17.7 Å². The van der Waals surface area contributed by atoms with E-state index in [0.717, 1.165) is 31.4 Å². The molecule has 3 N–H and O–H groups in total. The van der Waals surface area contributed by atoms with E-state index in [1.165, 1.54) is 0 Å². The summed E-state index contributed by atoms with van der Waals surface area (Å²) < 4.78 is 0. The van der Waals surface area contributed by atoms with Crippen molar-refractivity contribution >= 4 is 11.8 Å². The molecular formula is C19H29N3O2. The first-order chi connectivity index (χ1) is 11.6. The second kappa shape index (κ2) is 9.42. The maximum absolute atomic E-state index is 12.5. The predicted molar refractivity (Wildman–Crippen MR) is 95.2 cm³/mol. The maximum atomic E-state index is 12.5. The standard InChI is InChI=1S/C19H29N3O2/c1-2-3-7-12-21-18(23)16-10-13-22(14-11-16)19(24)17(20)15-8-5-4-6-9-15/h4-6,8-9,16-17H,2-3,7,10-14,20H2,1H3,(H,21,23). The molecule has 1 heterocycles. The van der Waals surface area contributed by atoms with Gasteiger partial charge in [0.25, 0.3) is 0 Å². The third-order valence-electron chi connectivity index (χ3n) is 4.68. The molecule has 0 bridgehead atoms. The van der Waals surface area contributed by atoms with E-state index < -0.39 is 6.04 Å². The Morgan fingerprint density at radius 1 is 1.21 bits per heavy atom. The van der Waals surface area contributed by atoms with Gasteiger partial charge in [0, 0.05) is 25.6 Å². The molecule has 1 saturated heterocycles. The van der Waals surface area contributed by atoms with Crippen molar-refractivity contribution in [2.45, 2.75) is 45.1 Å². The van der Waals surface area contributed by atoms with E-state index in [2.05, 4.69) is 12.2 Å². The molecule has 0 spiro atoms. The summed E-state index contributed by atoms with van der Waals surface area (Å²) in [5.74, 6) is 0.0946. The largest absolute Gasteiger partial charge is 0.356 e. The summed E-state index contributed by atoms with van der Waals surface area (Å²) in [6, 6.07) is 8.81. The Kier molecular flexibility index (Phi) is 7.25. The number of hydrogen-bond acceptors (Lipinski definition) is 3. The van der Waals surface area contributed by atoms with Crippen molar-refractivity contribution in [1.29, 1.82) is 0 Å². The number of piperidine rings is 1. The zero-order valence-electron chi connectivity index (χ0n) is 14.5. The van der Waals surface area contributed by atoms with E-state index in [0.29, 0.717) is 25.9 Å². The van der Waals surface area contributed by atoms with Gasteiger partial charge in [-0.25, -0.2) is 0 Å². The van der Waals surface area contributed by atoms with E-state index >= 15 is 0 Å². The lowest BCUT2D eigenvalue weighted by molar-refractivity contribution is -0.136. The Morgan fingerprint density at radius 3 is 2.50 bits per heavy atom. The molecule has 1 unspecified atom stereocenters. The van der Waals surface area contributed by atoms with Crippen molar-refractivity contribution in [3.05, 3.63) is 35.9 Å². The monoisotopic (exact) mass is 331 g/mol. The van der Waals surface area contributed by atoms with Crippen LogP contribution in [0.3, 0.4) is 0 Å². The Morgan fingerprint density at radius 2 is 1.88 bits per heavy atom. The number of nitrogens with zero attached hydrogens (tertiary/aromatic N) is 1. The van der Waals surface area contributed by atoms with Crippen molar-refractivity contribution < 1.29 is 9.59 Å². The summed E-state index contributed by atoms with van der Waals surface area (Å²) in [7, 11) is 0. The molecule has 1 aliphatic heterocycles. The lowest BCUT2D eigenvalue weighted by Gasteiger charge is -2.33. The number of amides is 2. The van der Waals surface area contributed by atoms with Crippen LogP contribution in [0.2, 0.25) is 0 Å². The van der Waals surface area contributed by atoms with Crippen LogP contribution in [0.4, 0.5) is 0 Å². The highest BCUT2D eigenvalue weighted by Gasteiger charge is 2.29. The van der Waals surface area contributed by atoms with Crippen molar-refractivity contribution in [3.8, 4) is 0 Å². The van der Waals surface area contributed by atoms with Gasteiger partial charge in [-0.1, -0.05) is 50.1 Å². The first kappa shape index (κ1) is 18.5. The average molecular weight is 331 g/mol. The SMILES string of the molecule is CCCCCNC(=O)C1CCN(C(=O)C(N)c2ccccc2)CC1. The zero-order chi connectivity index (χ0) is 17.4. The number of nitrogens with one attached hydrogen (secondary N) is 1. The van der Waals surface area contributed by atoms with Crippen LogP contribution in [0.5, 0.6) is 0 Å². The van der Waals surface area contributed by atoms with Crippen molar-refractivity contribution in [2.24, 2.45) is 11.7 Å². The molecule has 0 saturated carbocycles. The van der Waals surface area contributed by atoms with Crippen LogP contribution in [0.1, 0.15) is 50.6 Å². The lowest BCUT2D eigenvalue weighted by Crippen LogP contribution is -2.46. The highest BCUT2D eigenvalue weighted by atomic mass is 16.2. The third-order valence-corrected chi connectivity index (χ3v) is 4.68. The van der Waals surface area contributed by atoms with Crippen molar-refractivity contribution in [2.75, 3.05) is 19.6 Å². The summed E-state index contributed by atoms with van der Waals surface area (Å²) in [4.78, 5) is 26.5. The Bertz CT molecular complexity index is 525. The third kappa shape index (κ3) is 5.06. The zero-order valence-corrected chi connectivity index (χ0v) is 14.5. The van der Waals surface area contributed by atoms with Gasteiger partial charge in [0.15, 0.2) is 0 Å². The number of carbonyl (C=O) groups excluding carboxylic acids is 2. The second-order valence-corrected chi connectivity index (χ2v) is 6.49. The minimum absolute atomic E-state index is 0.0172. The fourth-order valence-electron chi connectivity index (χ4n) is 3.09. The summed E-state index contributed by atoms with van der Waals surface area (Å²) in [6.45, 7) is 4.11. The van der Waals surface area contributed by atoms with Crippen LogP contribution in [-0.2, 0) is 9.59 Å². The number of rotatable bonds is 7. The predicted octanol–water partition coefficient (Wildman–Crippen LogP) is 2.23. The second-order valence-electron chi connectivity index (χ2n) is 6.49.